The van der Waals surface area contributed by atoms with Crippen molar-refractivity contribution in [3.8, 4) is 0 Å². The van der Waals surface area contributed by atoms with E-state index in [-0.39, 0.29) is 0 Å². The van der Waals surface area contributed by atoms with Crippen LogP contribution in [0.15, 0.2) is 0 Å². The molecular weight excluding hydrogens is 252 g/mol. The topological polar surface area (TPSA) is 43.8 Å². The van der Waals surface area contributed by atoms with E-state index < -0.39 is 11.4 Å². The third-order valence-electron chi connectivity index (χ3n) is 5.86. The number of hydrogen-bond donors (Lipinski definition) is 1. The van der Waals surface area contributed by atoms with Crippen LogP contribution in [0, 0.1) is 5.41 Å². The highest BCUT2D eigenvalue weighted by Gasteiger charge is 2.48. The summed E-state index contributed by atoms with van der Waals surface area (Å²) >= 11 is 0. The Morgan fingerprint density at radius 1 is 1.15 bits per heavy atom. The standard InChI is InChI=1S/C16H28N2O2/c1-2-7-16(15(19)20)8-11-18(12-16)14-6-10-17-9-4-3-5-13(14)17/h13-14H,2-12H2,1H3,(H,19,20). The molecular formula is C16H28N2O2. The van der Waals surface area contributed by atoms with Crippen LogP contribution in [0.25, 0.3) is 0 Å². The average molecular weight is 280 g/mol. The van der Waals surface area contributed by atoms with Gasteiger partial charge >= 0.3 is 5.97 Å². The van der Waals surface area contributed by atoms with E-state index >= 15 is 0 Å². The number of rotatable bonds is 4. The normalized spacial score (nSPS) is 39.0. The predicted molar refractivity (Wildman–Crippen MR) is 78.8 cm³/mol. The minimum atomic E-state index is -0.569. The van der Waals surface area contributed by atoms with Crippen LogP contribution in [0.1, 0.15) is 51.9 Å². The summed E-state index contributed by atoms with van der Waals surface area (Å²) in [6, 6.07) is 1.32. The first-order chi connectivity index (χ1) is 9.66. The van der Waals surface area contributed by atoms with E-state index in [0.717, 1.165) is 32.4 Å². The number of aliphatic carboxylic acids is 1. The molecule has 3 rings (SSSR count). The van der Waals surface area contributed by atoms with Gasteiger partial charge in [-0.3, -0.25) is 14.6 Å². The van der Waals surface area contributed by atoms with Gasteiger partial charge in [0.1, 0.15) is 0 Å². The largest absolute Gasteiger partial charge is 0.481 e. The zero-order valence-corrected chi connectivity index (χ0v) is 12.7. The highest BCUT2D eigenvalue weighted by Crippen LogP contribution is 2.40. The second-order valence-corrected chi connectivity index (χ2v) is 7.01. The van der Waals surface area contributed by atoms with Crippen LogP contribution >= 0.6 is 0 Å². The monoisotopic (exact) mass is 280 g/mol. The minimum absolute atomic E-state index is 0.461. The summed E-state index contributed by atoms with van der Waals surface area (Å²) in [6.45, 7) is 6.35. The van der Waals surface area contributed by atoms with Crippen LogP contribution in [0.4, 0.5) is 0 Å². The molecule has 20 heavy (non-hydrogen) atoms. The van der Waals surface area contributed by atoms with E-state index in [1.54, 1.807) is 0 Å². The minimum Gasteiger partial charge on any atom is -0.481 e. The van der Waals surface area contributed by atoms with Crippen molar-refractivity contribution in [3.05, 3.63) is 0 Å². The Morgan fingerprint density at radius 2 is 1.95 bits per heavy atom. The number of nitrogens with zero attached hydrogens (tertiary/aromatic N) is 2. The molecule has 0 radical (unpaired) electrons. The van der Waals surface area contributed by atoms with Crippen molar-refractivity contribution in [3.63, 3.8) is 0 Å². The summed E-state index contributed by atoms with van der Waals surface area (Å²) in [5, 5.41) is 9.65. The smallest absolute Gasteiger partial charge is 0.310 e. The van der Waals surface area contributed by atoms with E-state index in [1.165, 1.54) is 38.8 Å². The third kappa shape index (κ3) is 2.37. The molecule has 114 valence electrons. The molecule has 1 N–H and O–H groups in total. The number of likely N-dealkylation sites (tertiary alicyclic amines) is 1. The molecule has 0 spiro atoms. The van der Waals surface area contributed by atoms with Crippen molar-refractivity contribution < 1.29 is 9.90 Å². The van der Waals surface area contributed by atoms with Gasteiger partial charge in [0, 0.05) is 25.2 Å². The maximum absolute atomic E-state index is 11.7. The summed E-state index contributed by atoms with van der Waals surface area (Å²) in [5.41, 5.74) is -0.461. The van der Waals surface area contributed by atoms with E-state index in [2.05, 4.69) is 16.7 Å². The maximum atomic E-state index is 11.7. The van der Waals surface area contributed by atoms with Gasteiger partial charge in [0.15, 0.2) is 0 Å². The van der Waals surface area contributed by atoms with Crippen LogP contribution in [0.3, 0.4) is 0 Å². The Bertz CT molecular complexity index is 373. The lowest BCUT2D eigenvalue weighted by atomic mass is 9.82. The molecule has 0 aromatic heterocycles. The second kappa shape index (κ2) is 5.64. The van der Waals surface area contributed by atoms with Crippen molar-refractivity contribution in [2.24, 2.45) is 5.41 Å². The third-order valence-corrected chi connectivity index (χ3v) is 5.86. The van der Waals surface area contributed by atoms with Gasteiger partial charge in [-0.25, -0.2) is 0 Å². The molecule has 4 heteroatoms. The number of fused-ring (bicyclic) bond motifs is 1. The number of hydrogen-bond acceptors (Lipinski definition) is 3. The molecule has 0 saturated carbocycles. The molecule has 3 heterocycles. The van der Waals surface area contributed by atoms with Crippen molar-refractivity contribution in [1.29, 1.82) is 0 Å². The molecule has 0 aliphatic carbocycles. The Labute approximate surface area is 122 Å². The summed E-state index contributed by atoms with van der Waals surface area (Å²) in [6.07, 6.45) is 7.91. The molecule has 0 amide bonds. The van der Waals surface area contributed by atoms with Crippen molar-refractivity contribution in [2.75, 3.05) is 26.2 Å². The molecule has 0 aromatic carbocycles. The van der Waals surface area contributed by atoms with E-state index in [1.807, 2.05) is 0 Å². The molecule has 3 saturated heterocycles. The first-order valence-corrected chi connectivity index (χ1v) is 8.38. The molecule has 3 fully saturated rings. The predicted octanol–water partition coefficient (Wildman–Crippen LogP) is 2.19. The lowest BCUT2D eigenvalue weighted by Crippen LogP contribution is -2.47. The van der Waals surface area contributed by atoms with Gasteiger partial charge in [0.25, 0.3) is 0 Å². The Balaban J connectivity index is 1.69. The summed E-state index contributed by atoms with van der Waals surface area (Å²) in [7, 11) is 0. The average Bonchev–Trinajstić information content (AvgIpc) is 3.03. The molecule has 3 aliphatic rings. The number of carboxylic acid groups (broad SMARTS) is 1. The highest BCUT2D eigenvalue weighted by molar-refractivity contribution is 5.75. The summed E-state index contributed by atoms with van der Waals surface area (Å²) in [4.78, 5) is 16.9. The Morgan fingerprint density at radius 3 is 2.70 bits per heavy atom. The van der Waals surface area contributed by atoms with Gasteiger partial charge in [-0.05, 0) is 45.2 Å². The SMILES string of the molecule is CCCC1(C(=O)O)CCN(C2CCN3CCCCC23)C1. The van der Waals surface area contributed by atoms with E-state index in [0.29, 0.717) is 12.1 Å². The fourth-order valence-corrected chi connectivity index (χ4v) is 4.80. The first kappa shape index (κ1) is 14.3. The fraction of sp³-hybridized carbons (Fsp3) is 0.938. The summed E-state index contributed by atoms with van der Waals surface area (Å²) in [5.74, 6) is -0.569. The van der Waals surface area contributed by atoms with Gasteiger partial charge in [0.2, 0.25) is 0 Å². The molecule has 3 aliphatic heterocycles. The fourth-order valence-electron chi connectivity index (χ4n) is 4.80. The van der Waals surface area contributed by atoms with Gasteiger partial charge < -0.3 is 5.11 Å². The molecule has 0 aromatic rings. The molecule has 0 bridgehead atoms. The summed E-state index contributed by atoms with van der Waals surface area (Å²) < 4.78 is 0. The highest BCUT2D eigenvalue weighted by atomic mass is 16.4. The van der Waals surface area contributed by atoms with Crippen LogP contribution in [0.5, 0.6) is 0 Å². The van der Waals surface area contributed by atoms with Gasteiger partial charge in [0.05, 0.1) is 5.41 Å². The maximum Gasteiger partial charge on any atom is 0.310 e. The first-order valence-electron chi connectivity index (χ1n) is 8.38. The van der Waals surface area contributed by atoms with Gasteiger partial charge in [-0.2, -0.15) is 0 Å². The van der Waals surface area contributed by atoms with Crippen LogP contribution < -0.4 is 0 Å². The van der Waals surface area contributed by atoms with Crippen LogP contribution in [-0.2, 0) is 4.79 Å². The molecule has 3 atom stereocenters. The van der Waals surface area contributed by atoms with Crippen molar-refractivity contribution in [1.82, 2.24) is 9.80 Å². The zero-order valence-electron chi connectivity index (χ0n) is 12.7. The quantitative estimate of drug-likeness (QED) is 0.857. The van der Waals surface area contributed by atoms with Crippen molar-refractivity contribution in [2.45, 2.75) is 64.0 Å². The molecule has 4 nitrogen and oxygen atoms in total. The van der Waals surface area contributed by atoms with Crippen molar-refractivity contribution >= 4 is 5.97 Å². The van der Waals surface area contributed by atoms with E-state index in [9.17, 15) is 9.90 Å². The van der Waals surface area contributed by atoms with Gasteiger partial charge in [-0.1, -0.05) is 19.8 Å². The number of carbonyl (C=O) groups is 1. The Hall–Kier alpha value is -0.610. The zero-order chi connectivity index (χ0) is 14.2. The Kier molecular flexibility index (Phi) is 4.04. The molecule has 3 unspecified atom stereocenters. The van der Waals surface area contributed by atoms with Crippen LogP contribution in [-0.4, -0.2) is 59.1 Å². The number of carboxylic acids is 1. The van der Waals surface area contributed by atoms with Gasteiger partial charge in [-0.15, -0.1) is 0 Å². The second-order valence-electron chi connectivity index (χ2n) is 7.01. The van der Waals surface area contributed by atoms with Crippen LogP contribution in [0.2, 0.25) is 0 Å². The van der Waals surface area contributed by atoms with E-state index in [4.69, 9.17) is 0 Å². The lowest BCUT2D eigenvalue weighted by molar-refractivity contribution is -0.148. The number of piperidine rings is 1. The lowest BCUT2D eigenvalue weighted by Gasteiger charge is -2.36.